The molecule has 0 fully saturated rings. The average molecular weight is 326 g/mol. The quantitative estimate of drug-likeness (QED) is 0.705. The van der Waals surface area contributed by atoms with Crippen LogP contribution in [0, 0.1) is 0 Å². The molecule has 2 aromatic rings. The maximum Gasteiger partial charge on any atom is 0.227 e. The molecule has 130 valence electrons. The summed E-state index contributed by atoms with van der Waals surface area (Å²) in [5.41, 5.74) is 2.10. The van der Waals surface area contributed by atoms with Gasteiger partial charge in [-0.3, -0.25) is 0 Å². The van der Waals surface area contributed by atoms with E-state index in [4.69, 9.17) is 9.97 Å². The molecule has 0 aliphatic rings. The molecule has 1 heterocycles. The van der Waals surface area contributed by atoms with Gasteiger partial charge in [-0.25, -0.2) is 4.98 Å². The third-order valence-corrected chi connectivity index (χ3v) is 4.06. The van der Waals surface area contributed by atoms with Crippen LogP contribution < -0.4 is 10.2 Å². The van der Waals surface area contributed by atoms with Gasteiger partial charge in [0.25, 0.3) is 0 Å². The summed E-state index contributed by atoms with van der Waals surface area (Å²) in [7, 11) is 0. The highest BCUT2D eigenvalue weighted by Crippen LogP contribution is 2.23. The summed E-state index contributed by atoms with van der Waals surface area (Å²) in [4.78, 5) is 11.9. The SMILES string of the molecule is CCCN(CCC)c1nc(NC(C)CC)cc(-c2ccccc2)n1. The number of benzene rings is 1. The van der Waals surface area contributed by atoms with Gasteiger partial charge in [0, 0.05) is 30.8 Å². The van der Waals surface area contributed by atoms with Crippen LogP contribution >= 0.6 is 0 Å². The van der Waals surface area contributed by atoms with E-state index in [0.29, 0.717) is 6.04 Å². The Labute approximate surface area is 146 Å². The first-order valence-electron chi connectivity index (χ1n) is 9.13. The number of hydrogen-bond donors (Lipinski definition) is 1. The summed E-state index contributed by atoms with van der Waals surface area (Å²) in [6.45, 7) is 10.7. The lowest BCUT2D eigenvalue weighted by atomic mass is 10.1. The Morgan fingerprint density at radius 1 is 1.00 bits per heavy atom. The molecule has 4 heteroatoms. The summed E-state index contributed by atoms with van der Waals surface area (Å²) in [5.74, 6) is 1.73. The molecule has 4 nitrogen and oxygen atoms in total. The lowest BCUT2D eigenvalue weighted by Gasteiger charge is -2.23. The monoisotopic (exact) mass is 326 g/mol. The zero-order valence-corrected chi connectivity index (χ0v) is 15.4. The highest BCUT2D eigenvalue weighted by Gasteiger charge is 2.13. The van der Waals surface area contributed by atoms with Crippen LogP contribution in [0.1, 0.15) is 47.0 Å². The van der Waals surface area contributed by atoms with Crippen LogP contribution in [-0.2, 0) is 0 Å². The van der Waals surface area contributed by atoms with Crippen molar-refractivity contribution in [1.82, 2.24) is 9.97 Å². The van der Waals surface area contributed by atoms with E-state index in [1.54, 1.807) is 0 Å². The number of rotatable bonds is 9. The smallest absolute Gasteiger partial charge is 0.227 e. The Morgan fingerprint density at radius 2 is 1.67 bits per heavy atom. The van der Waals surface area contributed by atoms with Gasteiger partial charge in [-0.05, 0) is 26.2 Å². The van der Waals surface area contributed by atoms with Gasteiger partial charge in [0.1, 0.15) is 5.82 Å². The second kappa shape index (κ2) is 9.26. The van der Waals surface area contributed by atoms with Gasteiger partial charge in [0.15, 0.2) is 0 Å². The second-order valence-corrected chi connectivity index (χ2v) is 6.25. The molecule has 1 N–H and O–H groups in total. The van der Waals surface area contributed by atoms with Gasteiger partial charge in [-0.1, -0.05) is 51.1 Å². The first-order valence-corrected chi connectivity index (χ1v) is 9.13. The normalized spacial score (nSPS) is 12.0. The molecular weight excluding hydrogens is 296 g/mol. The molecule has 1 aromatic carbocycles. The van der Waals surface area contributed by atoms with Crippen molar-refractivity contribution in [2.75, 3.05) is 23.3 Å². The molecule has 0 amide bonds. The topological polar surface area (TPSA) is 41.1 Å². The first kappa shape index (κ1) is 18.2. The van der Waals surface area contributed by atoms with Crippen molar-refractivity contribution in [1.29, 1.82) is 0 Å². The Morgan fingerprint density at radius 3 is 2.25 bits per heavy atom. The van der Waals surface area contributed by atoms with Crippen molar-refractivity contribution in [3.05, 3.63) is 36.4 Å². The van der Waals surface area contributed by atoms with Crippen LogP contribution in [0.5, 0.6) is 0 Å². The molecule has 24 heavy (non-hydrogen) atoms. The first-order chi connectivity index (χ1) is 11.7. The van der Waals surface area contributed by atoms with Crippen molar-refractivity contribution >= 4 is 11.8 Å². The zero-order valence-electron chi connectivity index (χ0n) is 15.4. The fraction of sp³-hybridized carbons (Fsp3) is 0.500. The fourth-order valence-electron chi connectivity index (χ4n) is 2.61. The average Bonchev–Trinajstić information content (AvgIpc) is 2.62. The molecule has 0 spiro atoms. The van der Waals surface area contributed by atoms with E-state index in [2.05, 4.69) is 68.2 Å². The van der Waals surface area contributed by atoms with Gasteiger partial charge in [0.2, 0.25) is 5.95 Å². The largest absolute Gasteiger partial charge is 0.367 e. The van der Waals surface area contributed by atoms with Gasteiger partial charge in [-0.15, -0.1) is 0 Å². The van der Waals surface area contributed by atoms with Crippen LogP contribution in [0.15, 0.2) is 36.4 Å². The van der Waals surface area contributed by atoms with Crippen molar-refractivity contribution in [3.8, 4) is 11.3 Å². The summed E-state index contributed by atoms with van der Waals surface area (Å²) in [6.07, 6.45) is 3.24. The lowest BCUT2D eigenvalue weighted by Crippen LogP contribution is -2.27. The standard InChI is InChI=1S/C20H30N4/c1-5-13-24(14-6-2)20-22-18(17-11-9-8-10-12-17)15-19(23-20)21-16(4)7-3/h8-12,15-16H,5-7,13-14H2,1-4H3,(H,21,22,23). The minimum atomic E-state index is 0.391. The molecule has 1 unspecified atom stereocenters. The van der Waals surface area contributed by atoms with Crippen LogP contribution in [0.25, 0.3) is 11.3 Å². The number of hydrogen-bond acceptors (Lipinski definition) is 4. The number of anilines is 2. The van der Waals surface area contributed by atoms with E-state index < -0.39 is 0 Å². The highest BCUT2D eigenvalue weighted by atomic mass is 15.3. The molecule has 1 aromatic heterocycles. The predicted octanol–water partition coefficient (Wildman–Crippen LogP) is 4.98. The van der Waals surface area contributed by atoms with Gasteiger partial charge >= 0.3 is 0 Å². The molecular formula is C20H30N4. The molecule has 1 atom stereocenters. The summed E-state index contributed by atoms with van der Waals surface area (Å²) >= 11 is 0. The maximum atomic E-state index is 4.85. The predicted molar refractivity (Wildman–Crippen MR) is 104 cm³/mol. The summed E-state index contributed by atoms with van der Waals surface area (Å²) < 4.78 is 0. The van der Waals surface area contributed by atoms with Crippen LogP contribution in [0.3, 0.4) is 0 Å². The van der Waals surface area contributed by atoms with Crippen LogP contribution in [0.4, 0.5) is 11.8 Å². The number of nitrogens with one attached hydrogen (secondary N) is 1. The number of aromatic nitrogens is 2. The van der Waals surface area contributed by atoms with E-state index >= 15 is 0 Å². The Hall–Kier alpha value is -2.10. The van der Waals surface area contributed by atoms with E-state index in [1.807, 2.05) is 6.07 Å². The van der Waals surface area contributed by atoms with Gasteiger partial charge < -0.3 is 10.2 Å². The van der Waals surface area contributed by atoms with E-state index in [1.165, 1.54) is 0 Å². The van der Waals surface area contributed by atoms with Crippen molar-refractivity contribution in [3.63, 3.8) is 0 Å². The van der Waals surface area contributed by atoms with Gasteiger partial charge in [-0.2, -0.15) is 4.98 Å². The van der Waals surface area contributed by atoms with E-state index in [-0.39, 0.29) is 0 Å². The molecule has 2 rings (SSSR count). The summed E-state index contributed by atoms with van der Waals surface area (Å²) in [5, 5.41) is 3.50. The Bertz CT molecular complexity index is 606. The molecule has 0 aliphatic heterocycles. The van der Waals surface area contributed by atoms with E-state index in [9.17, 15) is 0 Å². The van der Waals surface area contributed by atoms with Crippen molar-refractivity contribution in [2.24, 2.45) is 0 Å². The summed E-state index contributed by atoms with van der Waals surface area (Å²) in [6, 6.07) is 12.8. The Kier molecular flexibility index (Phi) is 7.04. The molecule has 0 bridgehead atoms. The molecule has 0 saturated heterocycles. The third-order valence-electron chi connectivity index (χ3n) is 4.06. The lowest BCUT2D eigenvalue weighted by molar-refractivity contribution is 0.718. The molecule has 0 aliphatic carbocycles. The highest BCUT2D eigenvalue weighted by molar-refractivity contribution is 5.64. The second-order valence-electron chi connectivity index (χ2n) is 6.25. The molecule has 0 saturated carbocycles. The maximum absolute atomic E-state index is 4.85. The van der Waals surface area contributed by atoms with E-state index in [0.717, 1.165) is 55.4 Å². The number of nitrogens with zero attached hydrogens (tertiary/aromatic N) is 3. The zero-order chi connectivity index (χ0) is 17.4. The van der Waals surface area contributed by atoms with Crippen molar-refractivity contribution < 1.29 is 0 Å². The van der Waals surface area contributed by atoms with Crippen LogP contribution in [0.2, 0.25) is 0 Å². The third kappa shape index (κ3) is 4.95. The minimum absolute atomic E-state index is 0.391. The van der Waals surface area contributed by atoms with Crippen molar-refractivity contribution in [2.45, 2.75) is 53.0 Å². The van der Waals surface area contributed by atoms with Gasteiger partial charge in [0.05, 0.1) is 5.69 Å². The van der Waals surface area contributed by atoms with Crippen LogP contribution in [-0.4, -0.2) is 29.1 Å². The molecule has 0 radical (unpaired) electrons. The minimum Gasteiger partial charge on any atom is -0.367 e. The Balaban J connectivity index is 2.42. The fourth-order valence-corrected chi connectivity index (χ4v) is 2.61.